The van der Waals surface area contributed by atoms with Crippen LogP contribution in [0.2, 0.25) is 0 Å². The fraction of sp³-hybridized carbons (Fsp3) is 0.400. The molecule has 0 fully saturated rings. The number of ether oxygens (including phenoxy) is 1. The van der Waals surface area contributed by atoms with Crippen LogP contribution in [0.15, 0.2) is 47.7 Å². The van der Waals surface area contributed by atoms with E-state index in [1.54, 1.807) is 0 Å². The lowest BCUT2D eigenvalue weighted by Crippen LogP contribution is -2.44. The lowest BCUT2D eigenvalue weighted by molar-refractivity contribution is 0.136. The van der Waals surface area contributed by atoms with Gasteiger partial charge in [0.15, 0.2) is 0 Å². The minimum absolute atomic E-state index is 0.262. The van der Waals surface area contributed by atoms with E-state index in [0.29, 0.717) is 12.3 Å². The number of carbonyl (C=O) groups is 1. The molecule has 0 heterocycles. The van der Waals surface area contributed by atoms with Crippen molar-refractivity contribution in [3.63, 3.8) is 0 Å². The molecule has 19 heavy (non-hydrogen) atoms. The van der Waals surface area contributed by atoms with Gasteiger partial charge in [-0.05, 0) is 31.9 Å². The molecule has 2 aliphatic carbocycles. The molecule has 0 aromatic heterocycles. The first kappa shape index (κ1) is 13.6. The smallest absolute Gasteiger partial charge is 0.411 e. The molecule has 2 aliphatic rings. The summed E-state index contributed by atoms with van der Waals surface area (Å²) in [7, 11) is 0. The molecule has 2 unspecified atom stereocenters. The third-order valence-corrected chi connectivity index (χ3v) is 3.61. The summed E-state index contributed by atoms with van der Waals surface area (Å²) in [5, 5.41) is 2.72. The average Bonchev–Trinajstić information content (AvgIpc) is 2.64. The highest BCUT2D eigenvalue weighted by Gasteiger charge is 2.30. The molecule has 0 aromatic rings. The Bertz CT molecular complexity index is 484. The number of allylic oxidation sites excluding steroid dienone is 5. The van der Waals surface area contributed by atoms with Crippen molar-refractivity contribution >= 4 is 6.09 Å². The lowest BCUT2D eigenvalue weighted by atomic mass is 9.95. The Labute approximate surface area is 113 Å². The Morgan fingerprint density at radius 3 is 2.89 bits per heavy atom. The highest BCUT2D eigenvalue weighted by atomic mass is 16.5. The van der Waals surface area contributed by atoms with Crippen molar-refractivity contribution in [1.29, 1.82) is 0 Å². The van der Waals surface area contributed by atoms with E-state index in [1.165, 1.54) is 0 Å². The van der Waals surface area contributed by atoms with Crippen molar-refractivity contribution in [2.45, 2.75) is 25.8 Å². The van der Waals surface area contributed by atoms with E-state index in [1.807, 2.05) is 44.2 Å². The number of nitrogens with two attached hydrogens (primary N) is 1. The molecule has 3 N–H and O–H groups in total. The van der Waals surface area contributed by atoms with Gasteiger partial charge in [0, 0.05) is 11.6 Å². The number of amides is 1. The minimum Gasteiger partial charge on any atom is -0.449 e. The predicted octanol–water partition coefficient (Wildman–Crippen LogP) is 2.41. The Hall–Kier alpha value is -1.81. The van der Waals surface area contributed by atoms with Crippen LogP contribution in [0, 0.1) is 5.92 Å². The summed E-state index contributed by atoms with van der Waals surface area (Å²) in [6.45, 7) is 4.19. The summed E-state index contributed by atoms with van der Waals surface area (Å²) < 4.78 is 5.22. The Morgan fingerprint density at radius 2 is 2.32 bits per heavy atom. The first-order valence-corrected chi connectivity index (χ1v) is 6.45. The molecule has 0 saturated carbocycles. The van der Waals surface area contributed by atoms with E-state index < -0.39 is 11.6 Å². The molecule has 2 rings (SSSR count). The first-order chi connectivity index (χ1) is 9.00. The van der Waals surface area contributed by atoms with Gasteiger partial charge in [0.25, 0.3) is 0 Å². The summed E-state index contributed by atoms with van der Waals surface area (Å²) in [4.78, 5) is 11.7. The first-order valence-electron chi connectivity index (χ1n) is 6.45. The Morgan fingerprint density at radius 1 is 1.53 bits per heavy atom. The Kier molecular flexibility index (Phi) is 3.90. The molecule has 2 atom stereocenters. The van der Waals surface area contributed by atoms with Gasteiger partial charge in [0.1, 0.15) is 0 Å². The van der Waals surface area contributed by atoms with Crippen LogP contribution in [0.1, 0.15) is 20.3 Å². The largest absolute Gasteiger partial charge is 0.449 e. The van der Waals surface area contributed by atoms with Crippen LogP contribution in [-0.2, 0) is 4.74 Å². The van der Waals surface area contributed by atoms with Crippen LogP contribution in [-0.4, -0.2) is 18.2 Å². The molecule has 0 aromatic carbocycles. The van der Waals surface area contributed by atoms with Crippen molar-refractivity contribution in [1.82, 2.24) is 5.32 Å². The number of alkyl carbamates (subject to hydrolysis) is 1. The van der Waals surface area contributed by atoms with Crippen LogP contribution >= 0.6 is 0 Å². The van der Waals surface area contributed by atoms with Crippen LogP contribution in [0.25, 0.3) is 0 Å². The third kappa shape index (κ3) is 3.15. The summed E-state index contributed by atoms with van der Waals surface area (Å²) in [5.41, 5.74) is 7.20. The summed E-state index contributed by atoms with van der Waals surface area (Å²) in [6, 6.07) is 0. The number of carbonyl (C=O) groups excluding carboxylic acids is 1. The molecule has 4 heteroatoms. The normalized spacial score (nSPS) is 28.9. The van der Waals surface area contributed by atoms with E-state index in [4.69, 9.17) is 10.5 Å². The molecule has 1 amide bonds. The van der Waals surface area contributed by atoms with Crippen molar-refractivity contribution < 1.29 is 9.53 Å². The monoisotopic (exact) mass is 260 g/mol. The topological polar surface area (TPSA) is 64.3 Å². The van der Waals surface area contributed by atoms with Crippen LogP contribution in [0.5, 0.6) is 0 Å². The fourth-order valence-electron chi connectivity index (χ4n) is 2.02. The van der Waals surface area contributed by atoms with Crippen LogP contribution < -0.4 is 11.1 Å². The SMILES string of the molecule is CC1=CC=C(NC(=O)OCC2C=CC=CC2)C1(C)N. The molecular weight excluding hydrogens is 240 g/mol. The fourth-order valence-corrected chi connectivity index (χ4v) is 2.02. The van der Waals surface area contributed by atoms with E-state index in [2.05, 4.69) is 11.4 Å². The maximum atomic E-state index is 11.7. The predicted molar refractivity (Wildman–Crippen MR) is 75.3 cm³/mol. The maximum Gasteiger partial charge on any atom is 0.411 e. The third-order valence-electron chi connectivity index (χ3n) is 3.61. The second-order valence-electron chi connectivity index (χ2n) is 5.16. The zero-order valence-corrected chi connectivity index (χ0v) is 11.3. The molecule has 0 radical (unpaired) electrons. The summed E-state index contributed by atoms with van der Waals surface area (Å²) >= 11 is 0. The zero-order valence-electron chi connectivity index (χ0n) is 11.3. The summed E-state index contributed by atoms with van der Waals surface area (Å²) in [6.07, 6.45) is 12.3. The Balaban J connectivity index is 1.80. The lowest BCUT2D eigenvalue weighted by Gasteiger charge is -2.25. The zero-order chi connectivity index (χ0) is 13.9. The van der Waals surface area contributed by atoms with E-state index in [-0.39, 0.29) is 5.92 Å². The van der Waals surface area contributed by atoms with Gasteiger partial charge in [-0.3, -0.25) is 5.32 Å². The highest BCUT2D eigenvalue weighted by molar-refractivity contribution is 5.71. The molecular formula is C15H20N2O2. The highest BCUT2D eigenvalue weighted by Crippen LogP contribution is 2.26. The van der Waals surface area contributed by atoms with Crippen molar-refractivity contribution in [3.8, 4) is 0 Å². The van der Waals surface area contributed by atoms with E-state index >= 15 is 0 Å². The van der Waals surface area contributed by atoms with Gasteiger partial charge in [-0.15, -0.1) is 0 Å². The van der Waals surface area contributed by atoms with Gasteiger partial charge < -0.3 is 10.5 Å². The number of hydrogen-bond acceptors (Lipinski definition) is 3. The average molecular weight is 260 g/mol. The van der Waals surface area contributed by atoms with E-state index in [0.717, 1.165) is 12.0 Å². The molecule has 0 aliphatic heterocycles. The van der Waals surface area contributed by atoms with Gasteiger partial charge in [-0.1, -0.05) is 30.4 Å². The standard InChI is InChI=1S/C15H20N2O2/c1-11-8-9-13(15(11,2)16)17-14(18)19-10-12-6-4-3-5-7-12/h3-6,8-9,12H,7,10,16H2,1-2H3,(H,17,18). The van der Waals surface area contributed by atoms with Gasteiger partial charge in [-0.25, -0.2) is 4.79 Å². The molecule has 0 bridgehead atoms. The summed E-state index contributed by atoms with van der Waals surface area (Å²) in [5.74, 6) is 0.262. The van der Waals surface area contributed by atoms with Gasteiger partial charge >= 0.3 is 6.09 Å². The van der Waals surface area contributed by atoms with Crippen LogP contribution in [0.4, 0.5) is 4.79 Å². The number of nitrogens with one attached hydrogen (secondary N) is 1. The minimum atomic E-state index is -0.619. The van der Waals surface area contributed by atoms with Crippen molar-refractivity contribution in [3.05, 3.63) is 47.7 Å². The number of rotatable bonds is 3. The second-order valence-corrected chi connectivity index (χ2v) is 5.16. The number of hydrogen-bond donors (Lipinski definition) is 2. The molecule has 102 valence electrons. The molecule has 0 spiro atoms. The van der Waals surface area contributed by atoms with E-state index in [9.17, 15) is 4.79 Å². The molecule has 0 saturated heterocycles. The molecule has 4 nitrogen and oxygen atoms in total. The quantitative estimate of drug-likeness (QED) is 0.819. The van der Waals surface area contributed by atoms with Crippen molar-refractivity contribution in [2.24, 2.45) is 11.7 Å². The van der Waals surface area contributed by atoms with Crippen LogP contribution in [0.3, 0.4) is 0 Å². The van der Waals surface area contributed by atoms with Crippen molar-refractivity contribution in [2.75, 3.05) is 6.61 Å². The maximum absolute atomic E-state index is 11.7. The second kappa shape index (κ2) is 5.45. The van der Waals surface area contributed by atoms with Gasteiger partial charge in [-0.2, -0.15) is 0 Å². The van der Waals surface area contributed by atoms with Gasteiger partial charge in [0.05, 0.1) is 12.1 Å². The van der Waals surface area contributed by atoms with Gasteiger partial charge in [0.2, 0.25) is 0 Å².